The van der Waals surface area contributed by atoms with Crippen LogP contribution in [0.2, 0.25) is 10.0 Å². The third kappa shape index (κ3) is 6.28. The Hall–Kier alpha value is -3.08. The molecule has 1 aromatic heterocycles. The Labute approximate surface area is 210 Å². The summed E-state index contributed by atoms with van der Waals surface area (Å²) in [5, 5.41) is 15.0. The van der Waals surface area contributed by atoms with Crippen molar-refractivity contribution >= 4 is 58.4 Å². The summed E-state index contributed by atoms with van der Waals surface area (Å²) in [6.45, 7) is 1.77. The fourth-order valence-corrected chi connectivity index (χ4v) is 4.00. The molecule has 2 aromatic carbocycles. The molecule has 2 N–H and O–H groups in total. The second kappa shape index (κ2) is 11.4. The van der Waals surface area contributed by atoms with Crippen LogP contribution in [0.5, 0.6) is 0 Å². The number of hydrogen-bond acceptors (Lipinski definition) is 7. The second-order valence-electron chi connectivity index (χ2n) is 7.13. The molecule has 0 aliphatic rings. The second-order valence-corrected chi connectivity index (χ2v) is 8.89. The molecule has 1 atom stereocenters. The smallest absolute Gasteiger partial charge is 0.337 e. The monoisotopic (exact) mass is 521 g/mol. The molecule has 3 aromatic rings. The van der Waals surface area contributed by atoms with Gasteiger partial charge in [0.1, 0.15) is 0 Å². The standard InChI is InChI=1S/C22H21Cl2N5O4S/c1-12(25-20(31)13-7-8-16(23)17(24)10-13)19-27-28-22(29(19)2)34-11-18(30)26-15-6-4-5-14(9-15)21(32)33-3/h4-10,12H,11H2,1-3H3,(H,25,31)(H,26,30)/t12-/m1/s1. The van der Waals surface area contributed by atoms with E-state index in [4.69, 9.17) is 23.2 Å². The Bertz CT molecular complexity index is 1230. The highest BCUT2D eigenvalue weighted by atomic mass is 35.5. The van der Waals surface area contributed by atoms with Gasteiger partial charge < -0.3 is 19.9 Å². The van der Waals surface area contributed by atoms with Gasteiger partial charge in [-0.15, -0.1) is 10.2 Å². The molecule has 0 saturated heterocycles. The van der Waals surface area contributed by atoms with Crippen LogP contribution in [0.15, 0.2) is 47.6 Å². The fourth-order valence-electron chi connectivity index (χ4n) is 2.98. The number of esters is 1. The molecular weight excluding hydrogens is 501 g/mol. The molecule has 0 unspecified atom stereocenters. The van der Waals surface area contributed by atoms with Crippen molar-refractivity contribution in [3.8, 4) is 0 Å². The van der Waals surface area contributed by atoms with Crippen molar-refractivity contribution in [2.45, 2.75) is 18.1 Å². The van der Waals surface area contributed by atoms with Gasteiger partial charge in [0, 0.05) is 18.3 Å². The maximum Gasteiger partial charge on any atom is 0.337 e. The highest BCUT2D eigenvalue weighted by Crippen LogP contribution is 2.24. The number of amides is 2. The summed E-state index contributed by atoms with van der Waals surface area (Å²) in [4.78, 5) is 36.5. The zero-order valence-corrected chi connectivity index (χ0v) is 20.8. The maximum absolute atomic E-state index is 12.5. The first-order valence-electron chi connectivity index (χ1n) is 9.95. The lowest BCUT2D eigenvalue weighted by atomic mass is 10.2. The summed E-state index contributed by atoms with van der Waals surface area (Å²) >= 11 is 13.1. The average molecular weight is 522 g/mol. The van der Waals surface area contributed by atoms with Crippen LogP contribution in [-0.4, -0.2) is 45.4 Å². The van der Waals surface area contributed by atoms with Gasteiger partial charge in [-0.1, -0.05) is 41.0 Å². The Kier molecular flexibility index (Phi) is 8.54. The molecule has 12 heteroatoms. The van der Waals surface area contributed by atoms with Gasteiger partial charge in [0.05, 0.1) is 34.5 Å². The van der Waals surface area contributed by atoms with E-state index in [0.717, 1.165) is 0 Å². The number of carbonyl (C=O) groups excluding carboxylic acids is 3. The SMILES string of the molecule is COC(=O)c1cccc(NC(=O)CSc2nnc([C@@H](C)NC(=O)c3ccc(Cl)c(Cl)c3)n2C)c1. The van der Waals surface area contributed by atoms with Gasteiger partial charge in [0.2, 0.25) is 5.91 Å². The van der Waals surface area contributed by atoms with E-state index >= 15 is 0 Å². The molecule has 9 nitrogen and oxygen atoms in total. The molecule has 0 bridgehead atoms. The molecule has 0 spiro atoms. The predicted molar refractivity (Wildman–Crippen MR) is 130 cm³/mol. The number of thioether (sulfide) groups is 1. The average Bonchev–Trinajstić information content (AvgIpc) is 3.19. The van der Waals surface area contributed by atoms with E-state index in [9.17, 15) is 14.4 Å². The summed E-state index contributed by atoms with van der Waals surface area (Å²) in [6.07, 6.45) is 0. The minimum atomic E-state index is -0.488. The van der Waals surface area contributed by atoms with E-state index in [1.165, 1.54) is 31.0 Å². The Morgan fingerprint density at radius 3 is 2.56 bits per heavy atom. The molecule has 0 fully saturated rings. The largest absolute Gasteiger partial charge is 0.465 e. The normalized spacial score (nSPS) is 11.6. The van der Waals surface area contributed by atoms with Gasteiger partial charge in [0.15, 0.2) is 11.0 Å². The number of carbonyl (C=O) groups is 3. The van der Waals surface area contributed by atoms with E-state index in [1.54, 1.807) is 48.9 Å². The zero-order chi connectivity index (χ0) is 24.8. The van der Waals surface area contributed by atoms with Crippen LogP contribution in [-0.2, 0) is 16.6 Å². The zero-order valence-electron chi connectivity index (χ0n) is 18.5. The third-order valence-corrected chi connectivity index (χ3v) is 6.44. The van der Waals surface area contributed by atoms with Gasteiger partial charge in [-0.05, 0) is 43.3 Å². The van der Waals surface area contributed by atoms with E-state index in [-0.39, 0.29) is 22.6 Å². The van der Waals surface area contributed by atoms with Crippen molar-refractivity contribution in [1.82, 2.24) is 20.1 Å². The predicted octanol–water partition coefficient (Wildman–Crippen LogP) is 4.13. The van der Waals surface area contributed by atoms with Crippen LogP contribution in [0.4, 0.5) is 5.69 Å². The summed E-state index contributed by atoms with van der Waals surface area (Å²) in [5.41, 5.74) is 1.18. The van der Waals surface area contributed by atoms with Crippen molar-refractivity contribution in [1.29, 1.82) is 0 Å². The molecule has 0 aliphatic carbocycles. The number of anilines is 1. The molecular formula is C22H21Cl2N5O4S. The van der Waals surface area contributed by atoms with Gasteiger partial charge in [0.25, 0.3) is 5.91 Å². The lowest BCUT2D eigenvalue weighted by Gasteiger charge is -2.14. The lowest BCUT2D eigenvalue weighted by molar-refractivity contribution is -0.113. The van der Waals surface area contributed by atoms with Crippen molar-refractivity contribution in [3.05, 3.63) is 69.5 Å². The Morgan fingerprint density at radius 2 is 1.85 bits per heavy atom. The Balaban J connectivity index is 1.58. The molecule has 178 valence electrons. The topological polar surface area (TPSA) is 115 Å². The molecule has 34 heavy (non-hydrogen) atoms. The molecule has 0 saturated carbocycles. The van der Waals surface area contributed by atoms with Crippen LogP contribution < -0.4 is 10.6 Å². The number of ether oxygens (including phenoxy) is 1. The van der Waals surface area contributed by atoms with Crippen LogP contribution >= 0.6 is 35.0 Å². The van der Waals surface area contributed by atoms with Gasteiger partial charge in [-0.3, -0.25) is 9.59 Å². The molecule has 0 radical (unpaired) electrons. The highest BCUT2D eigenvalue weighted by Gasteiger charge is 2.19. The summed E-state index contributed by atoms with van der Waals surface area (Å²) in [6, 6.07) is 10.6. The number of nitrogens with one attached hydrogen (secondary N) is 2. The number of halogens is 2. The van der Waals surface area contributed by atoms with Crippen LogP contribution in [0, 0.1) is 0 Å². The number of aromatic nitrogens is 3. The number of rotatable bonds is 8. The fraction of sp³-hybridized carbons (Fsp3) is 0.227. The summed E-state index contributed by atoms with van der Waals surface area (Å²) in [7, 11) is 3.04. The van der Waals surface area contributed by atoms with Crippen molar-refractivity contribution < 1.29 is 19.1 Å². The van der Waals surface area contributed by atoms with Crippen molar-refractivity contribution in [3.63, 3.8) is 0 Å². The first kappa shape index (κ1) is 25.5. The van der Waals surface area contributed by atoms with Gasteiger partial charge in [-0.2, -0.15) is 0 Å². The molecule has 1 heterocycles. The van der Waals surface area contributed by atoms with Crippen molar-refractivity contribution in [2.75, 3.05) is 18.2 Å². The number of benzene rings is 2. The maximum atomic E-state index is 12.5. The third-order valence-electron chi connectivity index (χ3n) is 4.69. The quantitative estimate of drug-likeness (QED) is 0.338. The number of hydrogen-bond donors (Lipinski definition) is 2. The van der Waals surface area contributed by atoms with E-state index in [2.05, 4.69) is 25.6 Å². The van der Waals surface area contributed by atoms with E-state index < -0.39 is 12.0 Å². The van der Waals surface area contributed by atoms with Gasteiger partial charge in [-0.25, -0.2) is 4.79 Å². The number of methoxy groups -OCH3 is 1. The minimum Gasteiger partial charge on any atom is -0.465 e. The van der Waals surface area contributed by atoms with E-state index in [1.807, 2.05) is 0 Å². The highest BCUT2D eigenvalue weighted by molar-refractivity contribution is 7.99. The first-order chi connectivity index (χ1) is 16.2. The summed E-state index contributed by atoms with van der Waals surface area (Å²) in [5.74, 6) is -0.521. The van der Waals surface area contributed by atoms with Gasteiger partial charge >= 0.3 is 5.97 Å². The molecule has 2 amide bonds. The summed E-state index contributed by atoms with van der Waals surface area (Å²) < 4.78 is 6.39. The first-order valence-corrected chi connectivity index (χ1v) is 11.7. The molecule has 3 rings (SSSR count). The lowest BCUT2D eigenvalue weighted by Crippen LogP contribution is -2.28. The number of nitrogens with zero attached hydrogens (tertiary/aromatic N) is 3. The van der Waals surface area contributed by atoms with E-state index in [0.29, 0.717) is 32.8 Å². The van der Waals surface area contributed by atoms with Crippen LogP contribution in [0.25, 0.3) is 0 Å². The van der Waals surface area contributed by atoms with Crippen LogP contribution in [0.1, 0.15) is 39.5 Å². The Morgan fingerprint density at radius 1 is 1.09 bits per heavy atom. The van der Waals surface area contributed by atoms with Crippen molar-refractivity contribution in [2.24, 2.45) is 7.05 Å². The van der Waals surface area contributed by atoms with Crippen LogP contribution in [0.3, 0.4) is 0 Å². The minimum absolute atomic E-state index is 0.0679. The molecule has 0 aliphatic heterocycles.